The van der Waals surface area contributed by atoms with E-state index in [9.17, 15) is 13.2 Å². The van der Waals surface area contributed by atoms with E-state index in [-0.39, 0.29) is 30.7 Å². The summed E-state index contributed by atoms with van der Waals surface area (Å²) in [5, 5.41) is 4.11. The highest BCUT2D eigenvalue weighted by molar-refractivity contribution is 7.93. The molecule has 3 aliphatic rings. The summed E-state index contributed by atoms with van der Waals surface area (Å²) < 4.78 is 31.7. The summed E-state index contributed by atoms with van der Waals surface area (Å²) in [6.07, 6.45) is 4.79. The number of ether oxygens (including phenoxy) is 1. The topological polar surface area (TPSA) is 81.5 Å². The second-order valence-corrected chi connectivity index (χ2v) is 9.84. The summed E-state index contributed by atoms with van der Waals surface area (Å²) in [5.74, 6) is 0.674. The first-order chi connectivity index (χ1) is 11.4. The van der Waals surface area contributed by atoms with E-state index >= 15 is 0 Å². The predicted octanol–water partition coefficient (Wildman–Crippen LogP) is 0.476. The van der Waals surface area contributed by atoms with Crippen molar-refractivity contribution in [3.05, 3.63) is 18.0 Å². The molecule has 1 aromatic heterocycles. The Morgan fingerprint density at radius 1 is 1.33 bits per heavy atom. The van der Waals surface area contributed by atoms with Crippen LogP contribution in [-0.4, -0.2) is 65.8 Å². The Labute approximate surface area is 141 Å². The lowest BCUT2D eigenvalue weighted by Crippen LogP contribution is -2.68. The molecular weight excluding hydrogens is 330 g/mol. The maximum Gasteiger partial charge on any atom is 0.274 e. The Bertz CT molecular complexity index is 747. The average molecular weight is 353 g/mol. The van der Waals surface area contributed by atoms with Crippen molar-refractivity contribution < 1.29 is 17.9 Å². The Hall–Kier alpha value is -1.41. The first-order valence-corrected chi connectivity index (χ1v) is 10.2. The average Bonchev–Trinajstić information content (AvgIpc) is 3.14. The van der Waals surface area contributed by atoms with E-state index in [1.165, 1.54) is 12.8 Å². The number of sulfone groups is 1. The molecule has 3 heterocycles. The van der Waals surface area contributed by atoms with Gasteiger partial charge >= 0.3 is 0 Å². The summed E-state index contributed by atoms with van der Waals surface area (Å²) in [6.45, 7) is 1.76. The van der Waals surface area contributed by atoms with Gasteiger partial charge < -0.3 is 9.64 Å². The van der Waals surface area contributed by atoms with Crippen molar-refractivity contribution in [2.75, 3.05) is 32.1 Å². The molecule has 1 atom stereocenters. The number of likely N-dealkylation sites (tertiary alicyclic amines) is 1. The molecule has 0 aromatic carbocycles. The lowest BCUT2D eigenvalue weighted by molar-refractivity contribution is 0.0224. The van der Waals surface area contributed by atoms with Gasteiger partial charge in [-0.2, -0.15) is 5.10 Å². The van der Waals surface area contributed by atoms with E-state index in [0.29, 0.717) is 24.6 Å². The summed E-state index contributed by atoms with van der Waals surface area (Å²) in [6, 6.07) is 1.66. The van der Waals surface area contributed by atoms with Gasteiger partial charge in [-0.15, -0.1) is 0 Å². The molecule has 2 saturated heterocycles. The Kier molecular flexibility index (Phi) is 3.72. The maximum atomic E-state index is 12.6. The number of hydrogen-bond donors (Lipinski definition) is 0. The molecule has 24 heavy (non-hydrogen) atoms. The third-order valence-electron chi connectivity index (χ3n) is 5.60. The van der Waals surface area contributed by atoms with E-state index < -0.39 is 14.6 Å². The van der Waals surface area contributed by atoms with Gasteiger partial charge in [0.2, 0.25) is 0 Å². The van der Waals surface area contributed by atoms with Gasteiger partial charge in [0, 0.05) is 38.9 Å². The molecule has 0 bridgehead atoms. The van der Waals surface area contributed by atoms with Gasteiger partial charge in [0.25, 0.3) is 5.91 Å². The summed E-state index contributed by atoms with van der Waals surface area (Å²) in [4.78, 5) is 14.0. The van der Waals surface area contributed by atoms with E-state index in [1.54, 1.807) is 28.9 Å². The number of carbonyl (C=O) groups excluding carboxylic acids is 1. The van der Waals surface area contributed by atoms with Crippen molar-refractivity contribution in [3.8, 4) is 0 Å². The molecule has 1 spiro atoms. The molecule has 3 fully saturated rings. The number of amides is 1. The van der Waals surface area contributed by atoms with Crippen molar-refractivity contribution in [1.82, 2.24) is 14.7 Å². The first kappa shape index (κ1) is 16.1. The van der Waals surface area contributed by atoms with Crippen LogP contribution in [0, 0.1) is 11.8 Å². The molecular formula is C16H23N3O4S. The molecule has 8 heteroatoms. The zero-order valence-corrected chi connectivity index (χ0v) is 14.7. The predicted molar refractivity (Wildman–Crippen MR) is 87.3 cm³/mol. The van der Waals surface area contributed by atoms with Crippen LogP contribution >= 0.6 is 0 Å². The van der Waals surface area contributed by atoms with Crippen LogP contribution in [0.3, 0.4) is 0 Å². The zero-order chi connectivity index (χ0) is 16.9. The lowest BCUT2D eigenvalue weighted by atomic mass is 9.83. The maximum absolute atomic E-state index is 12.6. The smallest absolute Gasteiger partial charge is 0.274 e. The largest absolute Gasteiger partial charge is 0.381 e. The molecule has 1 aromatic rings. The minimum Gasteiger partial charge on any atom is -0.381 e. The van der Waals surface area contributed by atoms with Crippen molar-refractivity contribution >= 4 is 15.7 Å². The van der Waals surface area contributed by atoms with Gasteiger partial charge in [0.05, 0.1) is 12.4 Å². The van der Waals surface area contributed by atoms with Gasteiger partial charge in [0.15, 0.2) is 9.84 Å². The van der Waals surface area contributed by atoms with Crippen LogP contribution in [0.25, 0.3) is 0 Å². The number of carbonyl (C=O) groups is 1. The van der Waals surface area contributed by atoms with Gasteiger partial charge in [-0.3, -0.25) is 9.48 Å². The first-order valence-electron chi connectivity index (χ1n) is 8.50. The second kappa shape index (κ2) is 5.56. The SMILES string of the molecule is Cn1ccc(C(=O)N2CC3(C2)[C@H](COCC2CC2)CCS3(=O)=O)n1. The van der Waals surface area contributed by atoms with Crippen molar-refractivity contribution in [2.45, 2.75) is 24.0 Å². The molecule has 1 aliphatic carbocycles. The van der Waals surface area contributed by atoms with Gasteiger partial charge in [-0.1, -0.05) is 0 Å². The molecule has 1 saturated carbocycles. The lowest BCUT2D eigenvalue weighted by Gasteiger charge is -2.49. The number of aryl methyl sites for hydroxylation is 1. The number of aromatic nitrogens is 2. The van der Waals surface area contributed by atoms with Crippen LogP contribution in [0.1, 0.15) is 29.8 Å². The Balaban J connectivity index is 1.43. The molecule has 4 rings (SSSR count). The highest BCUT2D eigenvalue weighted by atomic mass is 32.2. The standard InChI is InChI=1S/C16H23N3O4S/c1-18-6-4-14(17-18)15(20)19-10-16(11-19)13(5-7-24(16,21)22)9-23-8-12-2-3-12/h4,6,12-13H,2-3,5,7-11H2,1H3/t13-/m0/s1. The third-order valence-corrected chi connectivity index (χ3v) is 8.21. The van der Waals surface area contributed by atoms with Crippen molar-refractivity contribution in [2.24, 2.45) is 18.9 Å². The highest BCUT2D eigenvalue weighted by Gasteiger charge is 2.62. The minimum absolute atomic E-state index is 0.00553. The summed E-state index contributed by atoms with van der Waals surface area (Å²) in [5.41, 5.74) is 0.365. The zero-order valence-electron chi connectivity index (χ0n) is 13.8. The van der Waals surface area contributed by atoms with Crippen LogP contribution in [0.2, 0.25) is 0 Å². The van der Waals surface area contributed by atoms with Crippen molar-refractivity contribution in [3.63, 3.8) is 0 Å². The van der Waals surface area contributed by atoms with E-state index in [2.05, 4.69) is 5.10 Å². The van der Waals surface area contributed by atoms with E-state index in [1.807, 2.05) is 0 Å². The van der Waals surface area contributed by atoms with Crippen LogP contribution < -0.4 is 0 Å². The van der Waals surface area contributed by atoms with Crippen LogP contribution in [0.4, 0.5) is 0 Å². The fourth-order valence-corrected chi connectivity index (χ4v) is 6.20. The number of hydrogen-bond acceptors (Lipinski definition) is 5. The molecule has 0 radical (unpaired) electrons. The monoisotopic (exact) mass is 353 g/mol. The van der Waals surface area contributed by atoms with Crippen LogP contribution in [0.15, 0.2) is 12.3 Å². The van der Waals surface area contributed by atoms with E-state index in [4.69, 9.17) is 4.74 Å². The number of rotatable bonds is 5. The molecule has 0 unspecified atom stereocenters. The minimum atomic E-state index is -3.18. The molecule has 0 N–H and O–H groups in total. The normalized spacial score (nSPS) is 27.4. The Morgan fingerprint density at radius 3 is 2.71 bits per heavy atom. The van der Waals surface area contributed by atoms with Crippen molar-refractivity contribution in [1.29, 1.82) is 0 Å². The fraction of sp³-hybridized carbons (Fsp3) is 0.750. The third kappa shape index (κ3) is 2.56. The second-order valence-electron chi connectivity index (χ2n) is 7.39. The van der Waals surface area contributed by atoms with Gasteiger partial charge in [0.1, 0.15) is 10.4 Å². The van der Waals surface area contributed by atoms with Gasteiger partial charge in [-0.25, -0.2) is 8.42 Å². The summed E-state index contributed by atoms with van der Waals surface area (Å²) >= 11 is 0. The Morgan fingerprint density at radius 2 is 2.08 bits per heavy atom. The number of nitrogens with zero attached hydrogens (tertiary/aromatic N) is 3. The molecule has 132 valence electrons. The fourth-order valence-electron chi connectivity index (χ4n) is 3.80. The van der Waals surface area contributed by atoms with Crippen LogP contribution in [-0.2, 0) is 21.6 Å². The molecule has 7 nitrogen and oxygen atoms in total. The van der Waals surface area contributed by atoms with Crippen LogP contribution in [0.5, 0.6) is 0 Å². The van der Waals surface area contributed by atoms with Gasteiger partial charge in [-0.05, 0) is 31.2 Å². The quantitative estimate of drug-likeness (QED) is 0.769. The molecule has 2 aliphatic heterocycles. The summed E-state index contributed by atoms with van der Waals surface area (Å²) in [7, 11) is -1.42. The highest BCUT2D eigenvalue weighted by Crippen LogP contribution is 2.45. The molecule has 1 amide bonds. The van der Waals surface area contributed by atoms with E-state index in [0.717, 1.165) is 6.61 Å².